The van der Waals surface area contributed by atoms with E-state index < -0.39 is 24.3 Å². The van der Waals surface area contributed by atoms with Crippen LogP contribution in [0.2, 0.25) is 15.2 Å². The van der Waals surface area contributed by atoms with Crippen LogP contribution in [0.4, 0.5) is 0 Å². The lowest BCUT2D eigenvalue weighted by atomic mass is 10.2. The maximum Gasteiger partial charge on any atom is 0.358 e. The lowest BCUT2D eigenvalue weighted by Crippen LogP contribution is -2.42. The first-order chi connectivity index (χ1) is 13.3. The first-order valence-electron chi connectivity index (χ1n) is 8.15. The summed E-state index contributed by atoms with van der Waals surface area (Å²) in [7, 11) is 1.15. The molecule has 0 aliphatic carbocycles. The number of methoxy groups -OCH3 is 1. The Morgan fingerprint density at radius 2 is 1.71 bits per heavy atom. The van der Waals surface area contributed by atoms with Gasteiger partial charge in [0.25, 0.3) is 5.91 Å². The standard InChI is InChI=1S/C18H17Cl3N2O5/c1-3-28-13(25)9-12(24)22(10-11-7-5-4-6-8-11)23-16(18(26)27-2)14(19)15(20)17(23)21/h4-8H,3,9-10H2,1-2H3. The van der Waals surface area contributed by atoms with E-state index in [9.17, 15) is 14.4 Å². The number of amides is 1. The highest BCUT2D eigenvalue weighted by Gasteiger charge is 2.32. The number of halogens is 3. The van der Waals surface area contributed by atoms with Crippen molar-refractivity contribution in [1.29, 1.82) is 0 Å². The van der Waals surface area contributed by atoms with E-state index in [0.717, 1.165) is 16.8 Å². The Labute approximate surface area is 176 Å². The van der Waals surface area contributed by atoms with Gasteiger partial charge in [0, 0.05) is 0 Å². The van der Waals surface area contributed by atoms with Gasteiger partial charge >= 0.3 is 11.9 Å². The molecule has 10 heteroatoms. The van der Waals surface area contributed by atoms with E-state index in [-0.39, 0.29) is 34.0 Å². The molecule has 0 unspecified atom stereocenters. The zero-order valence-electron chi connectivity index (χ0n) is 15.1. The molecule has 0 saturated heterocycles. The van der Waals surface area contributed by atoms with Gasteiger partial charge in [-0.2, -0.15) is 0 Å². The molecule has 0 fully saturated rings. The third-order valence-corrected chi connectivity index (χ3v) is 4.94. The Morgan fingerprint density at radius 1 is 1.07 bits per heavy atom. The number of carbonyl (C=O) groups is 3. The Balaban J connectivity index is 2.55. The molecule has 1 amide bonds. The minimum atomic E-state index is -0.846. The van der Waals surface area contributed by atoms with Crippen molar-refractivity contribution in [1.82, 2.24) is 4.68 Å². The van der Waals surface area contributed by atoms with Crippen LogP contribution in [-0.4, -0.2) is 36.2 Å². The summed E-state index contributed by atoms with van der Waals surface area (Å²) in [5.41, 5.74) is 0.486. The Bertz CT molecular complexity index is 883. The largest absolute Gasteiger partial charge is 0.466 e. The van der Waals surface area contributed by atoms with Crippen molar-refractivity contribution in [2.24, 2.45) is 0 Å². The highest BCUT2D eigenvalue weighted by atomic mass is 35.5. The van der Waals surface area contributed by atoms with Crippen LogP contribution in [0.15, 0.2) is 30.3 Å². The molecule has 28 heavy (non-hydrogen) atoms. The van der Waals surface area contributed by atoms with Gasteiger partial charge in [0.1, 0.15) is 11.6 Å². The molecule has 0 aliphatic rings. The third-order valence-electron chi connectivity index (χ3n) is 3.66. The lowest BCUT2D eigenvalue weighted by Gasteiger charge is -2.26. The molecule has 0 atom stereocenters. The molecule has 0 spiro atoms. The highest BCUT2D eigenvalue weighted by molar-refractivity contribution is 6.49. The molecule has 1 aromatic carbocycles. The van der Waals surface area contributed by atoms with E-state index in [1.807, 2.05) is 6.07 Å². The fraction of sp³-hybridized carbons (Fsp3) is 0.278. The molecule has 2 aromatic rings. The van der Waals surface area contributed by atoms with Gasteiger partial charge in [-0.15, -0.1) is 0 Å². The normalized spacial score (nSPS) is 10.5. The van der Waals surface area contributed by atoms with Crippen LogP contribution in [-0.2, 0) is 25.6 Å². The molecule has 0 aliphatic heterocycles. The number of rotatable bonds is 7. The Morgan fingerprint density at radius 3 is 2.29 bits per heavy atom. The summed E-state index contributed by atoms with van der Waals surface area (Å²) < 4.78 is 10.6. The summed E-state index contributed by atoms with van der Waals surface area (Å²) in [5.74, 6) is -2.23. The smallest absolute Gasteiger partial charge is 0.358 e. The average Bonchev–Trinajstić information content (AvgIpc) is 2.90. The fourth-order valence-electron chi connectivity index (χ4n) is 2.43. The van der Waals surface area contributed by atoms with Crippen molar-refractivity contribution >= 4 is 52.6 Å². The Hall–Kier alpha value is -2.22. The average molecular weight is 448 g/mol. The van der Waals surface area contributed by atoms with Crippen molar-refractivity contribution < 1.29 is 23.9 Å². The second-order valence-electron chi connectivity index (χ2n) is 5.49. The SMILES string of the molecule is CCOC(=O)CC(=O)N(Cc1ccccc1)n1c(Cl)c(Cl)c(Cl)c1C(=O)OC. The van der Waals surface area contributed by atoms with Crippen molar-refractivity contribution in [3.63, 3.8) is 0 Å². The summed E-state index contributed by atoms with van der Waals surface area (Å²) in [5, 5.41) is 0.643. The molecule has 1 heterocycles. The van der Waals surface area contributed by atoms with E-state index in [1.54, 1.807) is 31.2 Å². The van der Waals surface area contributed by atoms with E-state index >= 15 is 0 Å². The first-order valence-corrected chi connectivity index (χ1v) is 9.28. The number of ether oxygens (including phenoxy) is 2. The van der Waals surface area contributed by atoms with E-state index in [2.05, 4.69) is 0 Å². The van der Waals surface area contributed by atoms with Crippen LogP contribution >= 0.6 is 34.8 Å². The lowest BCUT2D eigenvalue weighted by molar-refractivity contribution is -0.145. The van der Waals surface area contributed by atoms with Gasteiger partial charge in [-0.1, -0.05) is 65.1 Å². The first kappa shape index (κ1) is 22.1. The number of aromatic nitrogens is 1. The molecular formula is C18H17Cl3N2O5. The predicted molar refractivity (Wildman–Crippen MR) is 105 cm³/mol. The van der Waals surface area contributed by atoms with Crippen LogP contribution in [0.1, 0.15) is 29.4 Å². The van der Waals surface area contributed by atoms with Crippen LogP contribution < -0.4 is 5.01 Å². The maximum absolute atomic E-state index is 12.9. The minimum Gasteiger partial charge on any atom is -0.466 e. The fourth-order valence-corrected chi connectivity index (χ4v) is 3.17. The second-order valence-corrected chi connectivity index (χ2v) is 6.60. The molecule has 1 aromatic heterocycles. The van der Waals surface area contributed by atoms with Gasteiger partial charge < -0.3 is 9.47 Å². The number of hydrogen-bond acceptors (Lipinski definition) is 5. The van der Waals surface area contributed by atoms with Crippen LogP contribution in [0.25, 0.3) is 0 Å². The summed E-state index contributed by atoms with van der Waals surface area (Å²) >= 11 is 18.5. The van der Waals surface area contributed by atoms with Crippen molar-refractivity contribution in [3.05, 3.63) is 56.8 Å². The van der Waals surface area contributed by atoms with Crippen molar-refractivity contribution in [2.45, 2.75) is 19.9 Å². The number of nitrogens with zero attached hydrogens (tertiary/aromatic N) is 2. The second kappa shape index (κ2) is 9.82. The molecule has 0 radical (unpaired) electrons. The summed E-state index contributed by atoms with van der Waals surface area (Å²) in [6.07, 6.45) is -0.564. The van der Waals surface area contributed by atoms with Gasteiger partial charge in [-0.05, 0) is 12.5 Å². The van der Waals surface area contributed by atoms with Gasteiger partial charge in [-0.3, -0.25) is 9.59 Å². The molecule has 150 valence electrons. The molecule has 7 nitrogen and oxygen atoms in total. The van der Waals surface area contributed by atoms with Crippen LogP contribution in [0.3, 0.4) is 0 Å². The highest BCUT2D eigenvalue weighted by Crippen LogP contribution is 2.37. The van der Waals surface area contributed by atoms with E-state index in [4.69, 9.17) is 44.3 Å². The molecule has 0 saturated carbocycles. The van der Waals surface area contributed by atoms with Gasteiger partial charge in [0.05, 0.1) is 30.3 Å². The van der Waals surface area contributed by atoms with Crippen LogP contribution in [0, 0.1) is 0 Å². The molecule has 0 N–H and O–H groups in total. The summed E-state index contributed by atoms with van der Waals surface area (Å²) in [4.78, 5) is 36.9. The quantitative estimate of drug-likeness (QED) is 0.476. The number of benzene rings is 1. The van der Waals surface area contributed by atoms with Crippen molar-refractivity contribution in [3.8, 4) is 0 Å². The maximum atomic E-state index is 12.9. The van der Waals surface area contributed by atoms with Gasteiger partial charge in [0.2, 0.25) is 0 Å². The molecule has 2 rings (SSSR count). The Kier molecular flexibility index (Phi) is 7.74. The van der Waals surface area contributed by atoms with E-state index in [1.165, 1.54) is 0 Å². The monoisotopic (exact) mass is 446 g/mol. The van der Waals surface area contributed by atoms with Crippen LogP contribution in [0.5, 0.6) is 0 Å². The third kappa shape index (κ3) is 4.79. The number of carbonyl (C=O) groups excluding carboxylic acids is 3. The van der Waals surface area contributed by atoms with Gasteiger partial charge in [0.15, 0.2) is 5.69 Å². The van der Waals surface area contributed by atoms with Crippen molar-refractivity contribution in [2.75, 3.05) is 18.7 Å². The topological polar surface area (TPSA) is 77.8 Å². The number of hydrogen-bond donors (Lipinski definition) is 0. The summed E-state index contributed by atoms with van der Waals surface area (Å²) in [6.45, 7) is 1.74. The zero-order valence-corrected chi connectivity index (χ0v) is 17.3. The van der Waals surface area contributed by atoms with E-state index in [0.29, 0.717) is 5.56 Å². The minimum absolute atomic E-state index is 0.00979. The molecular weight excluding hydrogens is 431 g/mol. The molecule has 0 bridgehead atoms. The predicted octanol–water partition coefficient (Wildman–Crippen LogP) is 3.85. The summed E-state index contributed by atoms with van der Waals surface area (Å²) in [6, 6.07) is 8.90. The van der Waals surface area contributed by atoms with Gasteiger partial charge in [-0.25, -0.2) is 14.5 Å². The zero-order chi connectivity index (χ0) is 20.8. The number of esters is 2.